The van der Waals surface area contributed by atoms with Gasteiger partial charge in [-0.25, -0.2) is 28.9 Å². The Morgan fingerprint density at radius 3 is 2.48 bits per heavy atom. The second-order valence-corrected chi connectivity index (χ2v) is 14.8. The van der Waals surface area contributed by atoms with Crippen molar-refractivity contribution in [2.75, 3.05) is 31.8 Å². The number of ether oxygens (including phenoxy) is 2. The lowest BCUT2D eigenvalue weighted by atomic mass is 10.1. The smallest absolute Gasteiger partial charge is 0.387 e. The molecule has 0 saturated carbocycles. The largest absolute Gasteiger partial charge is 0.475 e. The lowest BCUT2D eigenvalue weighted by Gasteiger charge is -2.27. The first-order chi connectivity index (χ1) is 21.9. The van der Waals surface area contributed by atoms with Crippen LogP contribution in [-0.2, 0) is 48.5 Å². The Balaban J connectivity index is 1.22. The van der Waals surface area contributed by atoms with Gasteiger partial charge in [0.2, 0.25) is 5.95 Å². The molecule has 2 bridgehead atoms. The van der Waals surface area contributed by atoms with Crippen molar-refractivity contribution in [1.29, 1.82) is 0 Å². The average molecular weight is 707 g/mol. The summed E-state index contributed by atoms with van der Waals surface area (Å²) in [4.78, 5) is 45.9. The lowest BCUT2D eigenvalue weighted by molar-refractivity contribution is -0.0645. The highest BCUT2D eigenvalue weighted by Crippen LogP contribution is 2.56. The van der Waals surface area contributed by atoms with E-state index in [-0.39, 0.29) is 34.1 Å². The predicted molar refractivity (Wildman–Crippen MR) is 154 cm³/mol. The summed E-state index contributed by atoms with van der Waals surface area (Å²) in [7, 11) is -3.59. The molecule has 10 atom stereocenters. The van der Waals surface area contributed by atoms with E-state index < -0.39 is 82.5 Å². The number of hydrogen-bond donors (Lipinski definition) is 5. The summed E-state index contributed by atoms with van der Waals surface area (Å²) >= 11 is 5.23. The number of anilines is 2. The zero-order chi connectivity index (χ0) is 32.5. The van der Waals surface area contributed by atoms with Crippen molar-refractivity contribution in [3.8, 4) is 0 Å². The minimum atomic E-state index is -4.60. The quantitative estimate of drug-likeness (QED) is 0.166. The number of nitrogen functional groups attached to an aromatic ring is 2. The third-order valence-corrected chi connectivity index (χ3v) is 10.5. The van der Waals surface area contributed by atoms with Gasteiger partial charge in [-0.15, -0.1) is 0 Å². The zero-order valence-corrected chi connectivity index (χ0v) is 25.9. The fourth-order valence-corrected chi connectivity index (χ4v) is 7.89. The molecule has 21 nitrogen and oxygen atoms in total. The molecule has 0 radical (unpaired) electrons. The van der Waals surface area contributed by atoms with Crippen LogP contribution >= 0.6 is 14.5 Å². The van der Waals surface area contributed by atoms with E-state index in [9.17, 15) is 19.4 Å². The van der Waals surface area contributed by atoms with Crippen LogP contribution in [0.2, 0.25) is 0 Å². The fraction of sp³-hybridized carbons (Fsp3) is 0.524. The van der Waals surface area contributed by atoms with Gasteiger partial charge in [-0.3, -0.25) is 37.0 Å². The number of aromatic amines is 1. The number of aliphatic hydroxyl groups excluding tert-OH is 1. The molecular weight excluding hydrogens is 681 g/mol. The number of nitrogens with zero attached hydrogens (tertiary/aromatic N) is 7. The van der Waals surface area contributed by atoms with E-state index in [1.54, 1.807) is 0 Å². The van der Waals surface area contributed by atoms with Crippen molar-refractivity contribution in [1.82, 2.24) is 39.0 Å². The van der Waals surface area contributed by atoms with Crippen molar-refractivity contribution in [2.24, 2.45) is 0 Å². The summed E-state index contributed by atoms with van der Waals surface area (Å²) in [6, 6.07) is 0. The summed E-state index contributed by atoms with van der Waals surface area (Å²) < 4.78 is 71.4. The number of fused-ring (bicyclic) bond motifs is 5. The summed E-state index contributed by atoms with van der Waals surface area (Å²) in [6.45, 7) is -5.60. The zero-order valence-electron chi connectivity index (χ0n) is 23.3. The number of H-pyrrole nitrogens is 1. The van der Waals surface area contributed by atoms with Crippen molar-refractivity contribution in [3.63, 3.8) is 0 Å². The molecule has 0 aromatic carbocycles. The van der Waals surface area contributed by atoms with E-state index in [0.29, 0.717) is 0 Å². The van der Waals surface area contributed by atoms with Gasteiger partial charge in [-0.2, -0.15) is 4.98 Å². The maximum atomic E-state index is 16.1. The highest BCUT2D eigenvalue weighted by Gasteiger charge is 2.54. The molecule has 3 saturated heterocycles. The number of alkyl halides is 1. The third kappa shape index (κ3) is 5.41. The Morgan fingerprint density at radius 1 is 1.02 bits per heavy atom. The first-order valence-electron chi connectivity index (χ1n) is 13.3. The number of nitrogens with two attached hydrogens (primary N) is 2. The molecule has 3 aliphatic heterocycles. The number of imidazole rings is 2. The normalized spacial score (nSPS) is 37.1. The molecule has 7 heterocycles. The topological polar surface area (TPSA) is 281 Å². The van der Waals surface area contributed by atoms with Crippen LogP contribution in [0, 0.1) is 0 Å². The highest BCUT2D eigenvalue weighted by atomic mass is 32.5. The van der Waals surface area contributed by atoms with Gasteiger partial charge < -0.3 is 35.5 Å². The molecule has 7 rings (SSSR count). The van der Waals surface area contributed by atoms with E-state index >= 15 is 4.39 Å². The Kier molecular flexibility index (Phi) is 7.94. The second-order valence-electron chi connectivity index (χ2n) is 10.3. The molecule has 4 aromatic rings. The standard InChI is InChI=1S/C21H25FN10O11P2S/c1-37-44(35)38-2-7-12(33)14(20(40-7)32-6-28-11-17(32)29-21(24)30-18(11)34)43-45(36,46)39-3-8-13(42-44)9(22)19(41-8)31-5-27-10-15(23)25-4-26-16(10)31/h4-9,12-14,19-20,33H,2-3H2,1H3,(H,36,46)(H2,23,25,26)(H3,24,29,30,34)/t7?,8-,9?,12+,13?,14?,19-,20-,44?,45?/m1/s1. The monoisotopic (exact) mass is 706 g/mol. The van der Waals surface area contributed by atoms with E-state index in [4.69, 9.17) is 55.4 Å². The minimum absolute atomic E-state index is 0.0433. The van der Waals surface area contributed by atoms with Crippen molar-refractivity contribution >= 4 is 60.4 Å². The van der Waals surface area contributed by atoms with E-state index in [1.165, 1.54) is 21.8 Å². The summed E-state index contributed by atoms with van der Waals surface area (Å²) in [5.74, 6) is -0.192. The Bertz CT molecular complexity index is 1960. The Morgan fingerprint density at radius 2 is 1.72 bits per heavy atom. The number of rotatable bonds is 3. The lowest BCUT2D eigenvalue weighted by Crippen LogP contribution is -2.35. The van der Waals surface area contributed by atoms with E-state index in [0.717, 1.165) is 13.4 Å². The Hall–Kier alpha value is -3.05. The third-order valence-electron chi connectivity index (χ3n) is 7.49. The van der Waals surface area contributed by atoms with Crippen LogP contribution in [0.4, 0.5) is 16.2 Å². The maximum Gasteiger partial charge on any atom is 0.475 e. The van der Waals surface area contributed by atoms with Crippen LogP contribution in [0.15, 0.2) is 23.8 Å². The van der Waals surface area contributed by atoms with Crippen molar-refractivity contribution < 1.29 is 51.0 Å². The molecular formula is C21H25FN10O11P2S. The molecule has 248 valence electrons. The van der Waals surface area contributed by atoms with Crippen LogP contribution in [0.5, 0.6) is 0 Å². The van der Waals surface area contributed by atoms with Gasteiger partial charge in [0.05, 0.1) is 25.9 Å². The summed E-state index contributed by atoms with van der Waals surface area (Å²) in [6.07, 6.45) is -8.79. The molecule has 25 heteroatoms. The molecule has 3 aliphatic rings. The Labute approximate surface area is 260 Å². The van der Waals surface area contributed by atoms with Crippen molar-refractivity contribution in [3.05, 3.63) is 29.3 Å². The number of phosphoric ester groups is 1. The van der Waals surface area contributed by atoms with Gasteiger partial charge in [-0.1, -0.05) is 0 Å². The van der Waals surface area contributed by atoms with Crippen LogP contribution in [-0.4, -0.2) is 106 Å². The van der Waals surface area contributed by atoms with Crippen LogP contribution in [0.25, 0.3) is 22.3 Å². The van der Waals surface area contributed by atoms with Gasteiger partial charge in [0.1, 0.15) is 42.4 Å². The molecule has 6 unspecified atom stereocenters. The van der Waals surface area contributed by atoms with Crippen LogP contribution in [0.1, 0.15) is 12.5 Å². The minimum Gasteiger partial charge on any atom is -0.387 e. The maximum absolute atomic E-state index is 16.1. The predicted octanol–water partition coefficient (Wildman–Crippen LogP) is -0.594. The van der Waals surface area contributed by atoms with Gasteiger partial charge in [-0.05, 0) is 11.8 Å². The number of hydrogen-bond acceptors (Lipinski definition) is 18. The number of phosphoric acid groups is 1. The van der Waals surface area contributed by atoms with E-state index in [1.807, 2.05) is 0 Å². The number of nitrogens with one attached hydrogen (secondary N) is 1. The highest BCUT2D eigenvalue weighted by molar-refractivity contribution is 8.07. The fourth-order valence-electron chi connectivity index (χ4n) is 5.35. The molecule has 7 N–H and O–H groups in total. The molecule has 3 fully saturated rings. The second kappa shape index (κ2) is 11.6. The number of aromatic nitrogens is 8. The van der Waals surface area contributed by atoms with Gasteiger partial charge >= 0.3 is 14.5 Å². The first-order valence-corrected chi connectivity index (χ1v) is 17.4. The number of aliphatic hydroxyl groups is 1. The van der Waals surface area contributed by atoms with E-state index in [2.05, 4.69) is 29.9 Å². The summed E-state index contributed by atoms with van der Waals surface area (Å²) in [5.41, 5.74) is 11.1. The van der Waals surface area contributed by atoms with Gasteiger partial charge in [0.15, 0.2) is 41.3 Å². The molecule has 0 aliphatic carbocycles. The van der Waals surface area contributed by atoms with Crippen LogP contribution < -0.4 is 17.0 Å². The first kappa shape index (κ1) is 31.5. The summed E-state index contributed by atoms with van der Waals surface area (Å²) in [5, 5.41) is 11.2. The molecule has 4 aromatic heterocycles. The van der Waals surface area contributed by atoms with Gasteiger partial charge in [0.25, 0.3) is 5.56 Å². The molecule has 0 spiro atoms. The van der Waals surface area contributed by atoms with Crippen molar-refractivity contribution in [2.45, 2.75) is 49.1 Å². The van der Waals surface area contributed by atoms with Gasteiger partial charge in [0, 0.05) is 7.11 Å². The average Bonchev–Trinajstić information content (AvgIpc) is 3.77. The molecule has 46 heavy (non-hydrogen) atoms. The number of halogens is 1. The SMILES string of the molecule is COP1(=O)OCC2O[C@@H](n3cnc4c(=O)[nH]c(N)nc43)C(OP(O)(=S)OC[C@H]3O[C@@H](n4cnc5c(N)ncnc54)C(F)C3O1)[C@H]2O. The van der Waals surface area contributed by atoms with Crippen LogP contribution in [0.3, 0.4) is 0 Å². The molecule has 0 amide bonds.